The average molecular weight is 379 g/mol. The Balaban J connectivity index is 1.98. The van der Waals surface area contributed by atoms with Gasteiger partial charge in [-0.3, -0.25) is 4.79 Å². The highest BCUT2D eigenvalue weighted by Gasteiger charge is 2.20. The van der Waals surface area contributed by atoms with Crippen molar-refractivity contribution in [1.82, 2.24) is 0 Å². The Morgan fingerprint density at radius 2 is 1.68 bits per heavy atom. The summed E-state index contributed by atoms with van der Waals surface area (Å²) in [6.07, 6.45) is 0. The number of hydrogen-bond acceptors (Lipinski definition) is 3. The Morgan fingerprint density at radius 1 is 0.964 bits per heavy atom. The lowest BCUT2D eigenvalue weighted by atomic mass is 10.1. The summed E-state index contributed by atoms with van der Waals surface area (Å²) in [4.78, 5) is 13.9. The van der Waals surface area contributed by atoms with Crippen molar-refractivity contribution in [2.45, 2.75) is 20.4 Å². The van der Waals surface area contributed by atoms with Crippen molar-refractivity contribution < 1.29 is 18.7 Å². The van der Waals surface area contributed by atoms with Crippen molar-refractivity contribution in [3.63, 3.8) is 0 Å². The summed E-state index contributed by atoms with van der Waals surface area (Å²) in [7, 11) is 0. The highest BCUT2D eigenvalue weighted by Crippen LogP contribution is 2.35. The molecule has 0 bridgehead atoms. The van der Waals surface area contributed by atoms with Crippen LogP contribution in [-0.2, 0) is 11.3 Å². The topological polar surface area (TPSA) is 38.8 Å². The molecule has 4 nitrogen and oxygen atoms in total. The molecule has 0 fully saturated rings. The predicted molar refractivity (Wildman–Crippen MR) is 107 cm³/mol. The van der Waals surface area contributed by atoms with E-state index in [0.29, 0.717) is 29.5 Å². The first-order valence-corrected chi connectivity index (χ1v) is 9.09. The van der Waals surface area contributed by atoms with Crippen molar-refractivity contribution in [3.8, 4) is 17.2 Å². The smallest absolute Gasteiger partial charge is 0.224 e. The van der Waals surface area contributed by atoms with Crippen LogP contribution < -0.4 is 14.4 Å². The maximum atomic E-state index is 14.0. The first-order chi connectivity index (χ1) is 13.6. The van der Waals surface area contributed by atoms with Gasteiger partial charge in [0.15, 0.2) is 5.75 Å². The fourth-order valence-corrected chi connectivity index (χ4v) is 2.87. The van der Waals surface area contributed by atoms with Gasteiger partial charge in [0.1, 0.15) is 17.3 Å². The van der Waals surface area contributed by atoms with Crippen LogP contribution >= 0.6 is 0 Å². The number of ether oxygens (including phenoxy) is 2. The molecule has 0 radical (unpaired) electrons. The fraction of sp³-hybridized carbons (Fsp3) is 0.174. The van der Waals surface area contributed by atoms with Crippen molar-refractivity contribution in [1.29, 1.82) is 0 Å². The minimum atomic E-state index is -0.445. The molecule has 144 valence electrons. The summed E-state index contributed by atoms with van der Waals surface area (Å²) in [6, 6.07) is 20.8. The first kappa shape index (κ1) is 19.4. The molecule has 0 N–H and O–H groups in total. The van der Waals surface area contributed by atoms with Gasteiger partial charge in [0, 0.05) is 18.6 Å². The van der Waals surface area contributed by atoms with E-state index in [-0.39, 0.29) is 12.5 Å². The van der Waals surface area contributed by atoms with E-state index < -0.39 is 5.82 Å². The first-order valence-electron chi connectivity index (χ1n) is 9.09. The maximum Gasteiger partial charge on any atom is 0.224 e. The average Bonchev–Trinajstić information content (AvgIpc) is 2.69. The van der Waals surface area contributed by atoms with E-state index in [2.05, 4.69) is 0 Å². The summed E-state index contributed by atoms with van der Waals surface area (Å²) in [5, 5.41) is 0. The second kappa shape index (κ2) is 9.04. The van der Waals surface area contributed by atoms with Crippen LogP contribution in [0.4, 0.5) is 10.1 Å². The molecule has 28 heavy (non-hydrogen) atoms. The summed E-state index contributed by atoms with van der Waals surface area (Å²) in [5.41, 5.74) is 1.19. The third-order valence-corrected chi connectivity index (χ3v) is 4.16. The molecular weight excluding hydrogens is 357 g/mol. The van der Waals surface area contributed by atoms with Gasteiger partial charge >= 0.3 is 0 Å². The fourth-order valence-electron chi connectivity index (χ4n) is 2.87. The molecule has 3 rings (SSSR count). The summed E-state index contributed by atoms with van der Waals surface area (Å²) < 4.78 is 25.6. The van der Waals surface area contributed by atoms with Gasteiger partial charge in [-0.25, -0.2) is 4.39 Å². The Hall–Kier alpha value is -3.34. The van der Waals surface area contributed by atoms with E-state index in [1.807, 2.05) is 49.4 Å². The highest BCUT2D eigenvalue weighted by molar-refractivity contribution is 5.93. The number of carbonyl (C=O) groups excluding carboxylic acids is 1. The molecule has 3 aromatic rings. The number of para-hydroxylation sites is 2. The summed E-state index contributed by atoms with van der Waals surface area (Å²) >= 11 is 0. The SMILES string of the molecule is CCOc1ccccc1CN(C(C)=O)c1cc(F)ccc1Oc1ccccc1. The number of hydrogen-bond donors (Lipinski definition) is 0. The van der Waals surface area contributed by atoms with E-state index in [1.54, 1.807) is 12.1 Å². The van der Waals surface area contributed by atoms with Crippen molar-refractivity contribution in [2.75, 3.05) is 11.5 Å². The Bertz CT molecular complexity index is 944. The van der Waals surface area contributed by atoms with Crippen molar-refractivity contribution in [2.24, 2.45) is 0 Å². The van der Waals surface area contributed by atoms with Gasteiger partial charge < -0.3 is 14.4 Å². The molecule has 1 amide bonds. The number of anilines is 1. The molecule has 0 aliphatic heterocycles. The van der Waals surface area contributed by atoms with Crippen LogP contribution in [0.25, 0.3) is 0 Å². The van der Waals surface area contributed by atoms with Crippen LogP contribution in [-0.4, -0.2) is 12.5 Å². The van der Waals surface area contributed by atoms with Gasteiger partial charge in [0.2, 0.25) is 5.91 Å². The van der Waals surface area contributed by atoms with Crippen molar-refractivity contribution >= 4 is 11.6 Å². The van der Waals surface area contributed by atoms with Crippen LogP contribution in [0, 0.1) is 5.82 Å². The lowest BCUT2D eigenvalue weighted by Crippen LogP contribution is -2.28. The Morgan fingerprint density at radius 3 is 2.39 bits per heavy atom. The molecule has 0 aliphatic carbocycles. The molecule has 0 spiro atoms. The Kier molecular flexibility index (Phi) is 6.27. The van der Waals surface area contributed by atoms with Gasteiger partial charge in [-0.2, -0.15) is 0 Å². The molecule has 0 atom stereocenters. The summed E-state index contributed by atoms with van der Waals surface area (Å²) in [6.45, 7) is 4.10. The van der Waals surface area contributed by atoms with E-state index >= 15 is 0 Å². The Labute approximate surface area is 164 Å². The third-order valence-electron chi connectivity index (χ3n) is 4.16. The van der Waals surface area contributed by atoms with Crippen LogP contribution in [0.3, 0.4) is 0 Å². The van der Waals surface area contributed by atoms with Gasteiger partial charge in [0.05, 0.1) is 18.8 Å². The number of carbonyl (C=O) groups is 1. The van der Waals surface area contributed by atoms with Crippen LogP contribution in [0.2, 0.25) is 0 Å². The number of nitrogens with zero attached hydrogens (tertiary/aromatic N) is 1. The predicted octanol–water partition coefficient (Wildman–Crippen LogP) is 5.57. The molecular formula is C23H22FNO3. The zero-order valence-electron chi connectivity index (χ0n) is 15.9. The van der Waals surface area contributed by atoms with Gasteiger partial charge in [-0.1, -0.05) is 36.4 Å². The number of rotatable bonds is 7. The molecule has 0 unspecified atom stereocenters. The number of benzene rings is 3. The molecule has 0 saturated heterocycles. The summed E-state index contributed by atoms with van der Waals surface area (Å²) in [5.74, 6) is 1.03. The standard InChI is InChI=1S/C23H22FNO3/c1-3-27-22-12-8-7-9-18(22)16-25(17(2)26)21-15-19(24)13-14-23(21)28-20-10-5-4-6-11-20/h4-15H,3,16H2,1-2H3. The van der Waals surface area contributed by atoms with Gasteiger partial charge in [0.25, 0.3) is 0 Å². The minimum Gasteiger partial charge on any atom is -0.494 e. The second-order valence-corrected chi connectivity index (χ2v) is 6.17. The minimum absolute atomic E-state index is 0.227. The lowest BCUT2D eigenvalue weighted by molar-refractivity contribution is -0.116. The highest BCUT2D eigenvalue weighted by atomic mass is 19.1. The zero-order valence-corrected chi connectivity index (χ0v) is 15.9. The molecule has 3 aromatic carbocycles. The van der Waals surface area contributed by atoms with Crippen molar-refractivity contribution in [3.05, 3.63) is 84.2 Å². The molecule has 5 heteroatoms. The maximum absolute atomic E-state index is 14.0. The van der Waals surface area contributed by atoms with E-state index in [0.717, 1.165) is 5.56 Å². The third kappa shape index (κ3) is 4.68. The van der Waals surface area contributed by atoms with E-state index in [4.69, 9.17) is 9.47 Å². The zero-order chi connectivity index (χ0) is 19.9. The molecule has 0 saturated carbocycles. The second-order valence-electron chi connectivity index (χ2n) is 6.17. The number of halogens is 1. The largest absolute Gasteiger partial charge is 0.494 e. The van der Waals surface area contributed by atoms with Gasteiger partial charge in [-0.15, -0.1) is 0 Å². The normalized spacial score (nSPS) is 10.4. The molecule has 0 heterocycles. The monoisotopic (exact) mass is 379 g/mol. The van der Waals surface area contributed by atoms with Crippen LogP contribution in [0.1, 0.15) is 19.4 Å². The van der Waals surface area contributed by atoms with E-state index in [1.165, 1.54) is 30.0 Å². The molecule has 0 aromatic heterocycles. The van der Waals surface area contributed by atoms with E-state index in [9.17, 15) is 9.18 Å². The van der Waals surface area contributed by atoms with Crippen LogP contribution in [0.5, 0.6) is 17.2 Å². The number of amides is 1. The quantitative estimate of drug-likeness (QED) is 0.539. The lowest BCUT2D eigenvalue weighted by Gasteiger charge is -2.25. The van der Waals surface area contributed by atoms with Gasteiger partial charge in [-0.05, 0) is 37.3 Å². The molecule has 0 aliphatic rings. The van der Waals surface area contributed by atoms with Crippen LogP contribution in [0.15, 0.2) is 72.8 Å².